The van der Waals surface area contributed by atoms with Gasteiger partial charge in [-0.2, -0.15) is 0 Å². The summed E-state index contributed by atoms with van der Waals surface area (Å²) in [6.07, 6.45) is 5.10. The maximum Gasteiger partial charge on any atom is 0.261 e. The first-order chi connectivity index (χ1) is 10.5. The SMILES string of the molecule is [C-]#[N+]C(C#N)=C1C2CC(C(C)C)CC2C2CC(C(C)C)CC12. The zero-order valence-corrected chi connectivity index (χ0v) is 14.3. The molecule has 2 nitrogen and oxygen atoms in total. The van der Waals surface area contributed by atoms with Crippen molar-refractivity contribution in [1.82, 2.24) is 0 Å². The molecule has 22 heavy (non-hydrogen) atoms. The molecule has 0 aromatic carbocycles. The number of hydrogen-bond donors (Lipinski definition) is 0. The largest absolute Gasteiger partial charge is 0.261 e. The third kappa shape index (κ3) is 2.28. The molecule has 0 aromatic rings. The summed E-state index contributed by atoms with van der Waals surface area (Å²) >= 11 is 0. The fourth-order valence-corrected chi connectivity index (χ4v) is 5.75. The van der Waals surface area contributed by atoms with Gasteiger partial charge in [0.2, 0.25) is 0 Å². The molecule has 0 amide bonds. The molecule has 3 rings (SSSR count). The topological polar surface area (TPSA) is 28.1 Å². The Labute approximate surface area is 135 Å². The van der Waals surface area contributed by atoms with Crippen LogP contribution in [0.15, 0.2) is 11.3 Å². The quantitative estimate of drug-likeness (QED) is 0.502. The molecule has 0 aliphatic heterocycles. The van der Waals surface area contributed by atoms with E-state index in [1.807, 2.05) is 0 Å². The summed E-state index contributed by atoms with van der Waals surface area (Å²) in [5, 5.41) is 9.45. The van der Waals surface area contributed by atoms with E-state index in [2.05, 4.69) is 38.6 Å². The third-order valence-corrected chi connectivity index (χ3v) is 7.02. The van der Waals surface area contributed by atoms with Crippen molar-refractivity contribution in [3.8, 4) is 6.07 Å². The number of hydrogen-bond acceptors (Lipinski definition) is 1. The Hall–Kier alpha value is -1.28. The first-order valence-electron chi connectivity index (χ1n) is 8.99. The highest BCUT2D eigenvalue weighted by atomic mass is 14.7. The zero-order chi connectivity index (χ0) is 16.0. The van der Waals surface area contributed by atoms with E-state index >= 15 is 0 Å². The van der Waals surface area contributed by atoms with Gasteiger partial charge in [-0.3, -0.25) is 0 Å². The van der Waals surface area contributed by atoms with Crippen LogP contribution in [0.5, 0.6) is 0 Å². The Morgan fingerprint density at radius 3 is 1.77 bits per heavy atom. The van der Waals surface area contributed by atoms with Crippen molar-refractivity contribution in [2.75, 3.05) is 0 Å². The molecule has 0 bridgehead atoms. The van der Waals surface area contributed by atoms with E-state index in [0.717, 1.165) is 35.5 Å². The first-order valence-corrected chi connectivity index (χ1v) is 8.99. The third-order valence-electron chi connectivity index (χ3n) is 7.02. The smallest absolute Gasteiger partial charge is 0.227 e. The van der Waals surface area contributed by atoms with E-state index in [0.29, 0.717) is 17.5 Å². The molecule has 0 spiro atoms. The Morgan fingerprint density at radius 2 is 1.45 bits per heavy atom. The predicted molar refractivity (Wildman–Crippen MR) is 88.3 cm³/mol. The van der Waals surface area contributed by atoms with Gasteiger partial charge >= 0.3 is 0 Å². The molecule has 3 aliphatic rings. The number of rotatable bonds is 2. The molecule has 118 valence electrons. The van der Waals surface area contributed by atoms with E-state index < -0.39 is 0 Å². The van der Waals surface area contributed by atoms with Crippen LogP contribution in [0.4, 0.5) is 0 Å². The fraction of sp³-hybridized carbons (Fsp3) is 0.800. The summed E-state index contributed by atoms with van der Waals surface area (Å²) < 4.78 is 0. The van der Waals surface area contributed by atoms with Crippen LogP contribution in [0.2, 0.25) is 0 Å². The molecule has 0 saturated heterocycles. The summed E-state index contributed by atoms with van der Waals surface area (Å²) in [4.78, 5) is 3.62. The van der Waals surface area contributed by atoms with Crippen molar-refractivity contribution in [3.63, 3.8) is 0 Å². The van der Waals surface area contributed by atoms with Crippen molar-refractivity contribution < 1.29 is 0 Å². The minimum absolute atomic E-state index is 0.441. The monoisotopic (exact) mass is 296 g/mol. The van der Waals surface area contributed by atoms with E-state index in [9.17, 15) is 5.26 Å². The van der Waals surface area contributed by atoms with Crippen LogP contribution in [0.25, 0.3) is 4.85 Å². The molecule has 0 radical (unpaired) electrons. The molecule has 0 N–H and O–H groups in total. The fourth-order valence-electron chi connectivity index (χ4n) is 5.75. The number of nitriles is 1. The summed E-state index contributed by atoms with van der Waals surface area (Å²) in [7, 11) is 0. The average molecular weight is 296 g/mol. The van der Waals surface area contributed by atoms with Crippen LogP contribution in [0.1, 0.15) is 53.4 Å². The second kappa shape index (κ2) is 5.73. The van der Waals surface area contributed by atoms with Crippen molar-refractivity contribution in [1.29, 1.82) is 5.26 Å². The van der Waals surface area contributed by atoms with Gasteiger partial charge in [0.15, 0.2) is 0 Å². The second-order valence-corrected chi connectivity index (χ2v) is 8.52. The molecule has 6 unspecified atom stereocenters. The van der Waals surface area contributed by atoms with Crippen molar-refractivity contribution in [2.24, 2.45) is 47.3 Å². The van der Waals surface area contributed by atoms with Gasteiger partial charge in [-0.05, 0) is 78.6 Å². The van der Waals surface area contributed by atoms with Crippen LogP contribution in [0, 0.1) is 65.2 Å². The molecular weight excluding hydrogens is 268 g/mol. The Morgan fingerprint density at radius 1 is 1.00 bits per heavy atom. The predicted octanol–water partition coefficient (Wildman–Crippen LogP) is 5.29. The molecule has 3 fully saturated rings. The van der Waals surface area contributed by atoms with Crippen LogP contribution >= 0.6 is 0 Å². The van der Waals surface area contributed by atoms with Gasteiger partial charge in [0.25, 0.3) is 5.70 Å². The summed E-state index contributed by atoms with van der Waals surface area (Å²) in [5.74, 6) is 5.61. The van der Waals surface area contributed by atoms with Gasteiger partial charge in [0, 0.05) is 0 Å². The van der Waals surface area contributed by atoms with Crippen LogP contribution in [-0.4, -0.2) is 0 Å². The lowest BCUT2D eigenvalue weighted by atomic mass is 9.85. The van der Waals surface area contributed by atoms with Gasteiger partial charge < -0.3 is 0 Å². The molecule has 6 atom stereocenters. The Bertz CT molecular complexity index is 509. The second-order valence-electron chi connectivity index (χ2n) is 8.52. The van der Waals surface area contributed by atoms with E-state index in [1.165, 1.54) is 31.3 Å². The van der Waals surface area contributed by atoms with Crippen LogP contribution in [0.3, 0.4) is 0 Å². The lowest BCUT2D eigenvalue weighted by Gasteiger charge is -2.20. The number of allylic oxidation sites excluding steroid dienone is 2. The van der Waals surface area contributed by atoms with Gasteiger partial charge in [-0.1, -0.05) is 27.7 Å². The first kappa shape index (κ1) is 15.6. The average Bonchev–Trinajstić information content (AvgIpc) is 3.12. The van der Waals surface area contributed by atoms with Crippen molar-refractivity contribution in [3.05, 3.63) is 22.7 Å². The molecule has 0 heterocycles. The van der Waals surface area contributed by atoms with Crippen LogP contribution in [-0.2, 0) is 0 Å². The molecule has 0 aromatic heterocycles. The summed E-state index contributed by atoms with van der Waals surface area (Å²) in [5.41, 5.74) is 1.72. The lowest BCUT2D eigenvalue weighted by molar-refractivity contribution is 0.287. The van der Waals surface area contributed by atoms with Gasteiger partial charge in [0.05, 0.1) is 12.6 Å². The minimum atomic E-state index is 0.441. The minimum Gasteiger partial charge on any atom is -0.227 e. The van der Waals surface area contributed by atoms with Gasteiger partial charge in [0.1, 0.15) is 0 Å². The van der Waals surface area contributed by atoms with E-state index in [-0.39, 0.29) is 0 Å². The normalized spacial score (nSPS) is 39.7. The highest BCUT2D eigenvalue weighted by molar-refractivity contribution is 5.40. The van der Waals surface area contributed by atoms with Gasteiger partial charge in [-0.25, -0.2) is 10.1 Å². The van der Waals surface area contributed by atoms with Crippen molar-refractivity contribution in [2.45, 2.75) is 53.4 Å². The lowest BCUT2D eigenvalue weighted by Crippen LogP contribution is -2.13. The summed E-state index contributed by atoms with van der Waals surface area (Å²) in [6, 6.07) is 2.23. The maximum absolute atomic E-state index is 9.45. The molecule has 3 aliphatic carbocycles. The Balaban J connectivity index is 1.96. The standard InChI is InChI=1S/C20H28N2/c1-11(2)13-6-15-16-7-14(12(3)4)9-18(16)20(17(15)8-13)19(10-21)22-5/h11-18H,6-9H2,1-4H3. The Kier molecular flexibility index (Phi) is 4.07. The highest BCUT2D eigenvalue weighted by Crippen LogP contribution is 2.64. The molecule has 3 saturated carbocycles. The van der Waals surface area contributed by atoms with Crippen LogP contribution < -0.4 is 0 Å². The zero-order valence-electron chi connectivity index (χ0n) is 14.3. The molecule has 2 heteroatoms. The van der Waals surface area contributed by atoms with E-state index in [4.69, 9.17) is 6.57 Å². The van der Waals surface area contributed by atoms with Crippen molar-refractivity contribution >= 4 is 0 Å². The van der Waals surface area contributed by atoms with Gasteiger partial charge in [-0.15, -0.1) is 0 Å². The number of fused-ring (bicyclic) bond motifs is 3. The summed E-state index contributed by atoms with van der Waals surface area (Å²) in [6.45, 7) is 16.8. The van der Waals surface area contributed by atoms with E-state index in [1.54, 1.807) is 0 Å². The number of nitrogens with zero attached hydrogens (tertiary/aromatic N) is 2. The molecular formula is C20H28N2. The maximum atomic E-state index is 9.45. The highest BCUT2D eigenvalue weighted by Gasteiger charge is 2.55.